The summed E-state index contributed by atoms with van der Waals surface area (Å²) in [7, 11) is 3.26. The van der Waals surface area contributed by atoms with Crippen LogP contribution in [0.2, 0.25) is 0 Å². The predicted molar refractivity (Wildman–Crippen MR) is 141 cm³/mol. The molecule has 188 valence electrons. The zero-order chi connectivity index (χ0) is 24.8. The number of morpholine rings is 1. The van der Waals surface area contributed by atoms with E-state index in [1.165, 1.54) is 5.56 Å². The monoisotopic (exact) mass is 497 g/mol. The van der Waals surface area contributed by atoms with Gasteiger partial charge in [-0.2, -0.15) is 0 Å². The van der Waals surface area contributed by atoms with Gasteiger partial charge in [0.25, 0.3) is 0 Å². The van der Waals surface area contributed by atoms with Crippen molar-refractivity contribution < 1.29 is 14.2 Å². The van der Waals surface area contributed by atoms with Crippen molar-refractivity contribution in [1.29, 1.82) is 0 Å². The lowest BCUT2D eigenvalue weighted by Crippen LogP contribution is -2.37. The second-order valence-electron chi connectivity index (χ2n) is 8.58. The molecule has 1 aliphatic heterocycles. The van der Waals surface area contributed by atoms with E-state index >= 15 is 0 Å². The zero-order valence-corrected chi connectivity index (χ0v) is 21.5. The number of hydrogen-bond donors (Lipinski definition) is 2. The van der Waals surface area contributed by atoms with Gasteiger partial charge in [-0.25, -0.2) is 10.8 Å². The maximum absolute atomic E-state index is 6.67. The number of nitrogens with zero attached hydrogens (tertiary/aromatic N) is 3. The van der Waals surface area contributed by atoms with Gasteiger partial charge >= 0.3 is 0 Å². The Hall–Kier alpha value is -2.85. The van der Waals surface area contributed by atoms with Crippen molar-refractivity contribution in [1.82, 2.24) is 14.9 Å². The van der Waals surface area contributed by atoms with Crippen molar-refractivity contribution >= 4 is 21.6 Å². The molecule has 1 aromatic heterocycles. The van der Waals surface area contributed by atoms with Gasteiger partial charge in [0.05, 0.1) is 37.6 Å². The van der Waals surface area contributed by atoms with Crippen molar-refractivity contribution in [2.24, 2.45) is 11.6 Å². The molecule has 0 amide bonds. The number of thiazole rings is 1. The van der Waals surface area contributed by atoms with Crippen LogP contribution in [0.4, 0.5) is 0 Å². The van der Waals surface area contributed by atoms with Crippen LogP contribution in [-0.2, 0) is 11.2 Å². The Balaban J connectivity index is 1.65. The fourth-order valence-electron chi connectivity index (χ4n) is 4.23. The lowest BCUT2D eigenvalue weighted by Gasteiger charge is -2.28. The molecular weight excluding hydrogens is 462 g/mol. The molecule has 0 spiro atoms. The Morgan fingerprint density at radius 2 is 1.94 bits per heavy atom. The SMILES string of the molecule is CCc1ccc2nc(C(c3ccc(OC)c(OC)c3)N(N)/C=C(\N)CCN3CCOCC3)sc2c1. The summed E-state index contributed by atoms with van der Waals surface area (Å²) in [5.41, 5.74) is 10.3. The third-order valence-electron chi connectivity index (χ3n) is 6.27. The van der Waals surface area contributed by atoms with Gasteiger partial charge in [-0.15, -0.1) is 11.3 Å². The number of benzene rings is 2. The molecule has 4 rings (SSSR count). The van der Waals surface area contributed by atoms with E-state index in [0.29, 0.717) is 11.5 Å². The van der Waals surface area contributed by atoms with Gasteiger partial charge in [-0.1, -0.05) is 19.1 Å². The molecule has 35 heavy (non-hydrogen) atoms. The minimum atomic E-state index is -0.334. The van der Waals surface area contributed by atoms with E-state index in [0.717, 1.165) is 72.2 Å². The number of rotatable bonds is 10. The summed E-state index contributed by atoms with van der Waals surface area (Å²) >= 11 is 1.65. The van der Waals surface area contributed by atoms with Crippen molar-refractivity contribution in [3.05, 3.63) is 64.4 Å². The molecule has 1 aliphatic rings. The molecule has 0 radical (unpaired) electrons. The van der Waals surface area contributed by atoms with Crippen molar-refractivity contribution in [3.8, 4) is 11.5 Å². The normalized spacial score (nSPS) is 15.8. The molecule has 2 aromatic carbocycles. The van der Waals surface area contributed by atoms with Gasteiger partial charge in [0.1, 0.15) is 11.0 Å². The summed E-state index contributed by atoms with van der Waals surface area (Å²) in [4.78, 5) is 7.30. The molecule has 9 heteroatoms. The van der Waals surface area contributed by atoms with E-state index in [1.54, 1.807) is 30.6 Å². The molecule has 1 unspecified atom stereocenters. The van der Waals surface area contributed by atoms with E-state index < -0.39 is 0 Å². The minimum Gasteiger partial charge on any atom is -0.493 e. The number of aromatic nitrogens is 1. The molecular formula is C26H35N5O3S. The predicted octanol–water partition coefficient (Wildman–Crippen LogP) is 3.66. The van der Waals surface area contributed by atoms with Crippen LogP contribution in [0.3, 0.4) is 0 Å². The first-order chi connectivity index (χ1) is 17.0. The van der Waals surface area contributed by atoms with E-state index in [9.17, 15) is 0 Å². The van der Waals surface area contributed by atoms with Crippen molar-refractivity contribution in [2.45, 2.75) is 25.8 Å². The summed E-state index contributed by atoms with van der Waals surface area (Å²) in [5.74, 6) is 7.97. The number of aryl methyl sites for hydroxylation is 1. The van der Waals surface area contributed by atoms with Crippen LogP contribution < -0.4 is 21.1 Å². The number of nitrogens with two attached hydrogens (primary N) is 2. The summed E-state index contributed by atoms with van der Waals surface area (Å²) in [6.45, 7) is 6.43. The van der Waals surface area contributed by atoms with Crippen LogP contribution in [0.25, 0.3) is 10.2 Å². The first kappa shape index (κ1) is 25.2. The number of fused-ring (bicyclic) bond motifs is 1. The molecule has 1 atom stereocenters. The summed E-state index contributed by atoms with van der Waals surface area (Å²) in [5, 5.41) is 2.55. The maximum Gasteiger partial charge on any atom is 0.161 e. The third kappa shape index (κ3) is 6.05. The summed E-state index contributed by atoms with van der Waals surface area (Å²) in [6.07, 6.45) is 3.53. The molecule has 0 aliphatic carbocycles. The molecule has 0 saturated carbocycles. The molecule has 3 aromatic rings. The lowest BCUT2D eigenvalue weighted by molar-refractivity contribution is 0.0383. The minimum absolute atomic E-state index is 0.334. The Bertz CT molecular complexity index is 1160. The van der Waals surface area contributed by atoms with E-state index in [4.69, 9.17) is 30.8 Å². The Morgan fingerprint density at radius 1 is 1.17 bits per heavy atom. The van der Waals surface area contributed by atoms with Gasteiger partial charge in [-0.3, -0.25) is 4.90 Å². The van der Waals surface area contributed by atoms with Crippen molar-refractivity contribution in [3.63, 3.8) is 0 Å². The number of hydrogen-bond acceptors (Lipinski definition) is 9. The van der Waals surface area contributed by atoms with Crippen molar-refractivity contribution in [2.75, 3.05) is 47.1 Å². The standard InChI is InChI=1S/C26H35N5O3S/c1-4-18-5-7-21-24(15-18)35-26(29-21)25(19-6-8-22(32-2)23(16-19)33-3)31(28)17-20(27)9-10-30-11-13-34-14-12-30/h5-8,15-17,25H,4,9-14,27-28H2,1-3H3/b20-17-. The largest absolute Gasteiger partial charge is 0.493 e. The average molecular weight is 498 g/mol. The van der Waals surface area contributed by atoms with Crippen LogP contribution in [-0.4, -0.2) is 62.0 Å². The topological polar surface area (TPSA) is 99.1 Å². The Labute approximate surface area is 211 Å². The number of hydrazine groups is 1. The molecule has 0 bridgehead atoms. The van der Waals surface area contributed by atoms with Gasteiger partial charge in [-0.05, 0) is 41.8 Å². The Kier molecular flexibility index (Phi) is 8.46. The quantitative estimate of drug-likeness (QED) is 0.323. The third-order valence-corrected chi connectivity index (χ3v) is 7.34. The number of ether oxygens (including phenoxy) is 3. The van der Waals surface area contributed by atoms with Crippen LogP contribution in [0.1, 0.15) is 35.5 Å². The first-order valence-electron chi connectivity index (χ1n) is 11.9. The smallest absolute Gasteiger partial charge is 0.161 e. The molecule has 8 nitrogen and oxygen atoms in total. The van der Waals surface area contributed by atoms with E-state index in [-0.39, 0.29) is 6.04 Å². The highest BCUT2D eigenvalue weighted by atomic mass is 32.1. The first-order valence-corrected chi connectivity index (χ1v) is 12.7. The van der Waals surface area contributed by atoms with Gasteiger partial charge in [0.2, 0.25) is 0 Å². The highest BCUT2D eigenvalue weighted by Gasteiger charge is 2.24. The van der Waals surface area contributed by atoms with Crippen LogP contribution >= 0.6 is 11.3 Å². The van der Waals surface area contributed by atoms with Crippen LogP contribution in [0, 0.1) is 0 Å². The average Bonchev–Trinajstić information content (AvgIpc) is 3.30. The van der Waals surface area contributed by atoms with Gasteiger partial charge in [0, 0.05) is 38.0 Å². The maximum atomic E-state index is 6.67. The highest BCUT2D eigenvalue weighted by Crippen LogP contribution is 2.37. The molecule has 1 saturated heterocycles. The lowest BCUT2D eigenvalue weighted by atomic mass is 10.1. The molecule has 4 N–H and O–H groups in total. The van der Waals surface area contributed by atoms with Gasteiger partial charge in [0.15, 0.2) is 11.5 Å². The second-order valence-corrected chi connectivity index (χ2v) is 9.64. The highest BCUT2D eigenvalue weighted by molar-refractivity contribution is 7.18. The van der Waals surface area contributed by atoms with Crippen LogP contribution in [0.15, 0.2) is 48.3 Å². The fraction of sp³-hybridized carbons (Fsp3) is 0.423. The van der Waals surface area contributed by atoms with E-state index in [2.05, 4.69) is 30.0 Å². The van der Waals surface area contributed by atoms with Crippen LogP contribution in [0.5, 0.6) is 11.5 Å². The summed E-state index contributed by atoms with van der Waals surface area (Å²) in [6, 6.07) is 11.9. The second kappa shape index (κ2) is 11.7. The summed E-state index contributed by atoms with van der Waals surface area (Å²) < 4.78 is 17.6. The fourth-order valence-corrected chi connectivity index (χ4v) is 5.40. The Morgan fingerprint density at radius 3 is 2.66 bits per heavy atom. The van der Waals surface area contributed by atoms with Gasteiger partial charge < -0.3 is 25.0 Å². The molecule has 2 heterocycles. The van der Waals surface area contributed by atoms with E-state index in [1.807, 2.05) is 24.4 Å². The zero-order valence-electron chi connectivity index (χ0n) is 20.7. The molecule has 1 fully saturated rings. The number of methoxy groups -OCH3 is 2.